The van der Waals surface area contributed by atoms with Gasteiger partial charge in [-0.1, -0.05) is 42.8 Å². The molecule has 194 valence electrons. The molecule has 4 aromatic rings. The Morgan fingerprint density at radius 1 is 1.00 bits per heavy atom. The monoisotopic (exact) mass is 510 g/mol. The Morgan fingerprint density at radius 3 is 2.63 bits per heavy atom. The lowest BCUT2D eigenvalue weighted by atomic mass is 9.86. The van der Waals surface area contributed by atoms with Crippen LogP contribution in [0.25, 0.3) is 22.1 Å². The summed E-state index contributed by atoms with van der Waals surface area (Å²) in [5.74, 6) is -0.760. The molecule has 1 saturated heterocycles. The first-order chi connectivity index (χ1) is 18.6. The number of rotatable bonds is 5. The van der Waals surface area contributed by atoms with Crippen molar-refractivity contribution < 1.29 is 13.6 Å². The number of benzene rings is 3. The van der Waals surface area contributed by atoms with Gasteiger partial charge in [-0.25, -0.2) is 4.39 Å². The molecule has 0 radical (unpaired) electrons. The molecule has 2 heterocycles. The number of nitrogens with zero attached hydrogens (tertiary/aromatic N) is 1. The molecule has 6 rings (SSSR count). The van der Waals surface area contributed by atoms with Crippen LogP contribution in [-0.4, -0.2) is 23.9 Å². The number of fused-ring (bicyclic) bond motifs is 2. The van der Waals surface area contributed by atoms with E-state index in [0.29, 0.717) is 11.1 Å². The second-order valence-corrected chi connectivity index (χ2v) is 10.5. The molecule has 1 fully saturated rings. The number of aryl methyl sites for hydroxylation is 1. The lowest BCUT2D eigenvalue weighted by Crippen LogP contribution is -2.31. The van der Waals surface area contributed by atoms with Crippen LogP contribution in [0.1, 0.15) is 65.2 Å². The first-order valence-corrected chi connectivity index (χ1v) is 13.5. The van der Waals surface area contributed by atoms with Gasteiger partial charge in [0.15, 0.2) is 0 Å². The SMILES string of the molecule is O=C(N[C@H]1CCCc2cc(CN3CCCCC3)ccc21)c1ccc(-c2coc3cccc(F)c3c2=O)cc1. The van der Waals surface area contributed by atoms with E-state index in [4.69, 9.17) is 4.42 Å². The highest BCUT2D eigenvalue weighted by atomic mass is 19.1. The van der Waals surface area contributed by atoms with E-state index in [1.807, 2.05) is 0 Å². The number of likely N-dealkylation sites (tertiary alicyclic amines) is 1. The molecule has 6 heteroatoms. The highest BCUT2D eigenvalue weighted by molar-refractivity contribution is 5.95. The summed E-state index contributed by atoms with van der Waals surface area (Å²) in [6.45, 7) is 3.35. The first-order valence-electron chi connectivity index (χ1n) is 13.5. The van der Waals surface area contributed by atoms with Gasteiger partial charge in [-0.3, -0.25) is 14.5 Å². The van der Waals surface area contributed by atoms with E-state index in [0.717, 1.165) is 25.8 Å². The molecule has 0 unspecified atom stereocenters. The fourth-order valence-corrected chi connectivity index (χ4v) is 5.87. The van der Waals surface area contributed by atoms with Gasteiger partial charge < -0.3 is 9.73 Å². The van der Waals surface area contributed by atoms with Crippen molar-refractivity contribution in [1.82, 2.24) is 10.2 Å². The molecule has 1 amide bonds. The quantitative estimate of drug-likeness (QED) is 0.338. The second kappa shape index (κ2) is 10.5. The molecule has 1 aromatic heterocycles. The molecule has 3 aromatic carbocycles. The summed E-state index contributed by atoms with van der Waals surface area (Å²) < 4.78 is 19.8. The lowest BCUT2D eigenvalue weighted by Gasteiger charge is -2.29. The van der Waals surface area contributed by atoms with E-state index < -0.39 is 11.2 Å². The largest absolute Gasteiger partial charge is 0.463 e. The first kappa shape index (κ1) is 24.6. The van der Waals surface area contributed by atoms with Gasteiger partial charge in [-0.15, -0.1) is 0 Å². The summed E-state index contributed by atoms with van der Waals surface area (Å²) in [6, 6.07) is 17.8. The number of carbonyl (C=O) groups is 1. The van der Waals surface area contributed by atoms with Crippen LogP contribution in [0.4, 0.5) is 4.39 Å². The Hall–Kier alpha value is -3.77. The van der Waals surface area contributed by atoms with E-state index in [1.54, 1.807) is 30.3 Å². The third kappa shape index (κ3) is 4.88. The van der Waals surface area contributed by atoms with E-state index >= 15 is 0 Å². The molecule has 1 aliphatic heterocycles. The number of amides is 1. The molecule has 1 aliphatic carbocycles. The summed E-state index contributed by atoms with van der Waals surface area (Å²) in [5, 5.41) is 3.15. The van der Waals surface area contributed by atoms with E-state index in [2.05, 4.69) is 28.4 Å². The molecule has 0 bridgehead atoms. The van der Waals surface area contributed by atoms with Crippen LogP contribution < -0.4 is 10.7 Å². The van der Waals surface area contributed by atoms with Crippen molar-refractivity contribution in [2.45, 2.75) is 51.1 Å². The summed E-state index contributed by atoms with van der Waals surface area (Å²) in [6.07, 6.45) is 8.24. The zero-order chi connectivity index (χ0) is 26.1. The average molecular weight is 511 g/mol. The van der Waals surface area contributed by atoms with Crippen LogP contribution in [-0.2, 0) is 13.0 Å². The summed E-state index contributed by atoms with van der Waals surface area (Å²) in [4.78, 5) is 28.6. The number of hydrogen-bond acceptors (Lipinski definition) is 4. The zero-order valence-electron chi connectivity index (χ0n) is 21.3. The Morgan fingerprint density at radius 2 is 1.82 bits per heavy atom. The van der Waals surface area contributed by atoms with Gasteiger partial charge in [0.25, 0.3) is 5.91 Å². The molecule has 2 aliphatic rings. The number of nitrogens with one attached hydrogen (secondary N) is 1. The Balaban J connectivity index is 1.17. The van der Waals surface area contributed by atoms with Crippen LogP contribution in [0.15, 0.2) is 76.1 Å². The van der Waals surface area contributed by atoms with Gasteiger partial charge in [0.1, 0.15) is 23.0 Å². The van der Waals surface area contributed by atoms with E-state index in [1.165, 1.54) is 67.4 Å². The van der Waals surface area contributed by atoms with Crippen molar-refractivity contribution >= 4 is 16.9 Å². The summed E-state index contributed by atoms with van der Waals surface area (Å²) in [7, 11) is 0. The maximum atomic E-state index is 14.3. The van der Waals surface area contributed by atoms with E-state index in [9.17, 15) is 14.0 Å². The van der Waals surface area contributed by atoms with Crippen molar-refractivity contribution in [2.24, 2.45) is 0 Å². The van der Waals surface area contributed by atoms with Gasteiger partial charge in [0.05, 0.1) is 11.6 Å². The molecule has 1 atom stereocenters. The van der Waals surface area contributed by atoms with Crippen LogP contribution in [0.5, 0.6) is 0 Å². The average Bonchev–Trinajstić information content (AvgIpc) is 2.94. The normalized spacial score (nSPS) is 17.8. The highest BCUT2D eigenvalue weighted by Crippen LogP contribution is 2.31. The lowest BCUT2D eigenvalue weighted by molar-refractivity contribution is 0.0932. The summed E-state index contributed by atoms with van der Waals surface area (Å²) >= 11 is 0. The van der Waals surface area contributed by atoms with E-state index in [-0.39, 0.29) is 28.5 Å². The Bertz CT molecular complexity index is 1540. The Kier molecular flexibility index (Phi) is 6.81. The Labute approximate surface area is 221 Å². The molecular formula is C32H31FN2O3. The van der Waals surface area contributed by atoms with Gasteiger partial charge in [-0.05, 0) is 91.7 Å². The minimum atomic E-state index is -0.611. The third-order valence-electron chi connectivity index (χ3n) is 7.89. The molecule has 38 heavy (non-hydrogen) atoms. The number of hydrogen-bond donors (Lipinski definition) is 1. The number of carbonyl (C=O) groups excluding carboxylic acids is 1. The minimum absolute atomic E-state index is 0.0227. The van der Waals surface area contributed by atoms with Gasteiger partial charge in [0, 0.05) is 12.1 Å². The van der Waals surface area contributed by atoms with Crippen LogP contribution in [0, 0.1) is 5.82 Å². The molecule has 0 saturated carbocycles. The maximum Gasteiger partial charge on any atom is 0.251 e. The van der Waals surface area contributed by atoms with Crippen molar-refractivity contribution in [3.63, 3.8) is 0 Å². The van der Waals surface area contributed by atoms with Crippen molar-refractivity contribution in [3.8, 4) is 11.1 Å². The smallest absolute Gasteiger partial charge is 0.251 e. The van der Waals surface area contributed by atoms with Gasteiger partial charge in [0.2, 0.25) is 5.43 Å². The topological polar surface area (TPSA) is 62.6 Å². The predicted molar refractivity (Wildman–Crippen MR) is 147 cm³/mol. The minimum Gasteiger partial charge on any atom is -0.463 e. The second-order valence-electron chi connectivity index (χ2n) is 10.5. The van der Waals surface area contributed by atoms with Gasteiger partial charge >= 0.3 is 0 Å². The standard InChI is InChI=1S/C32H31FN2O3/c33-27-7-5-9-29-30(27)31(36)26(20-38-29)22-11-13-23(14-12-22)32(37)34-28-8-4-6-24-18-21(10-15-25(24)28)19-35-16-2-1-3-17-35/h5,7,9-15,18,20,28H,1-4,6,8,16-17,19H2,(H,34,37)/t28-/m0/s1. The molecule has 0 spiro atoms. The number of halogens is 1. The van der Waals surface area contributed by atoms with Crippen LogP contribution in [0.2, 0.25) is 0 Å². The van der Waals surface area contributed by atoms with Crippen molar-refractivity contribution in [3.05, 3.63) is 105 Å². The summed E-state index contributed by atoms with van der Waals surface area (Å²) in [5.41, 5.74) is 5.02. The number of piperidine rings is 1. The van der Waals surface area contributed by atoms with Crippen molar-refractivity contribution in [2.75, 3.05) is 13.1 Å². The molecular weight excluding hydrogens is 479 g/mol. The van der Waals surface area contributed by atoms with Crippen molar-refractivity contribution in [1.29, 1.82) is 0 Å². The van der Waals surface area contributed by atoms with Crippen LogP contribution in [0.3, 0.4) is 0 Å². The fraction of sp³-hybridized carbons (Fsp3) is 0.312. The molecule has 5 nitrogen and oxygen atoms in total. The maximum absolute atomic E-state index is 14.3. The van der Waals surface area contributed by atoms with Gasteiger partial charge in [-0.2, -0.15) is 0 Å². The fourth-order valence-electron chi connectivity index (χ4n) is 5.87. The molecule has 1 N–H and O–H groups in total. The third-order valence-corrected chi connectivity index (χ3v) is 7.89. The zero-order valence-corrected chi connectivity index (χ0v) is 21.3. The van der Waals surface area contributed by atoms with Crippen LogP contribution >= 0.6 is 0 Å². The predicted octanol–water partition coefficient (Wildman–Crippen LogP) is 6.39. The highest BCUT2D eigenvalue weighted by Gasteiger charge is 2.23.